The summed E-state index contributed by atoms with van der Waals surface area (Å²) in [5.41, 5.74) is -0.0213. The van der Waals surface area contributed by atoms with Crippen LogP contribution in [0.1, 0.15) is 26.6 Å². The first kappa shape index (κ1) is 14.3. The average molecular weight is 297 g/mol. The second-order valence-corrected chi connectivity index (χ2v) is 6.94. The molecule has 0 saturated carbocycles. The number of aromatic nitrogens is 2. The van der Waals surface area contributed by atoms with Crippen LogP contribution in [0, 0.1) is 5.82 Å². The summed E-state index contributed by atoms with van der Waals surface area (Å²) in [5, 5.41) is 4.11. The van der Waals surface area contributed by atoms with Crippen molar-refractivity contribution in [3.8, 4) is 0 Å². The van der Waals surface area contributed by atoms with Crippen molar-refractivity contribution in [1.82, 2.24) is 9.36 Å². The summed E-state index contributed by atoms with van der Waals surface area (Å²) in [6.07, 6.45) is 0. The van der Waals surface area contributed by atoms with E-state index in [1.807, 2.05) is 6.07 Å². The van der Waals surface area contributed by atoms with Crippen LogP contribution in [-0.4, -0.2) is 14.9 Å². The van der Waals surface area contributed by atoms with Gasteiger partial charge in [0.05, 0.1) is 5.75 Å². The van der Waals surface area contributed by atoms with Gasteiger partial charge in [-0.1, -0.05) is 6.07 Å². The molecule has 0 fully saturated rings. The molecule has 3 nitrogen and oxygen atoms in total. The molecular weight excluding hydrogens is 281 g/mol. The summed E-state index contributed by atoms with van der Waals surface area (Å²) in [6.45, 7) is 6.24. The van der Waals surface area contributed by atoms with E-state index < -0.39 is 0 Å². The van der Waals surface area contributed by atoms with Gasteiger partial charge in [0.15, 0.2) is 5.82 Å². The largest absolute Gasteiger partial charge is 0.356 e. The monoisotopic (exact) mass is 297 g/mol. The first-order chi connectivity index (χ1) is 8.92. The summed E-state index contributed by atoms with van der Waals surface area (Å²) < 4.78 is 17.3. The van der Waals surface area contributed by atoms with E-state index in [0.29, 0.717) is 5.75 Å². The molecule has 1 heterocycles. The molecule has 2 aromatic rings. The molecule has 0 unspecified atom stereocenters. The highest BCUT2D eigenvalue weighted by Gasteiger charge is 2.13. The zero-order chi connectivity index (χ0) is 13.9. The van der Waals surface area contributed by atoms with E-state index in [0.717, 1.165) is 15.9 Å². The Balaban J connectivity index is 1.93. The minimum Gasteiger partial charge on any atom is -0.356 e. The predicted molar refractivity (Wildman–Crippen MR) is 79.2 cm³/mol. The Labute approximate surface area is 120 Å². The van der Waals surface area contributed by atoms with Gasteiger partial charge in [-0.25, -0.2) is 9.37 Å². The van der Waals surface area contributed by atoms with Crippen LogP contribution >= 0.6 is 23.3 Å². The number of nitrogens with one attached hydrogen (secondary N) is 1. The van der Waals surface area contributed by atoms with Crippen molar-refractivity contribution in [2.75, 3.05) is 5.32 Å². The van der Waals surface area contributed by atoms with Gasteiger partial charge in [-0.2, -0.15) is 4.37 Å². The molecule has 0 spiro atoms. The lowest BCUT2D eigenvalue weighted by molar-refractivity contribution is 0.624. The van der Waals surface area contributed by atoms with Gasteiger partial charge in [-0.3, -0.25) is 0 Å². The van der Waals surface area contributed by atoms with Crippen LogP contribution < -0.4 is 5.32 Å². The molecule has 2 rings (SSSR count). The standard InChI is InChI=1S/C13H16FN3S2/c1-13(2,3)16-12-15-11(17-19-12)8-18-10-6-4-5-9(14)7-10/h4-7H,8H2,1-3H3,(H,15,16,17). The molecule has 1 N–H and O–H groups in total. The molecule has 0 aliphatic carbocycles. The summed E-state index contributed by atoms with van der Waals surface area (Å²) in [5.74, 6) is 1.20. The minimum absolute atomic E-state index is 0.0213. The summed E-state index contributed by atoms with van der Waals surface area (Å²) in [7, 11) is 0. The van der Waals surface area contributed by atoms with Crippen LogP contribution in [-0.2, 0) is 5.75 Å². The van der Waals surface area contributed by atoms with Gasteiger partial charge in [0.2, 0.25) is 5.13 Å². The maximum Gasteiger partial charge on any atom is 0.203 e. The van der Waals surface area contributed by atoms with E-state index in [9.17, 15) is 4.39 Å². The maximum absolute atomic E-state index is 13.0. The molecule has 0 aliphatic heterocycles. The van der Waals surface area contributed by atoms with E-state index in [1.54, 1.807) is 6.07 Å². The maximum atomic E-state index is 13.0. The van der Waals surface area contributed by atoms with E-state index in [2.05, 4.69) is 35.4 Å². The molecule has 6 heteroatoms. The minimum atomic E-state index is -0.216. The number of thioether (sulfide) groups is 1. The molecule has 1 aromatic carbocycles. The van der Waals surface area contributed by atoms with Crippen molar-refractivity contribution in [3.63, 3.8) is 0 Å². The third kappa shape index (κ3) is 4.80. The van der Waals surface area contributed by atoms with Crippen molar-refractivity contribution in [3.05, 3.63) is 35.9 Å². The normalized spacial score (nSPS) is 11.6. The summed E-state index contributed by atoms with van der Waals surface area (Å²) >= 11 is 2.89. The lowest BCUT2D eigenvalue weighted by atomic mass is 10.1. The molecule has 19 heavy (non-hydrogen) atoms. The number of hydrogen-bond donors (Lipinski definition) is 1. The Morgan fingerprint density at radius 3 is 2.84 bits per heavy atom. The zero-order valence-electron chi connectivity index (χ0n) is 11.1. The van der Waals surface area contributed by atoms with E-state index >= 15 is 0 Å². The highest BCUT2D eigenvalue weighted by Crippen LogP contribution is 2.24. The average Bonchev–Trinajstić information content (AvgIpc) is 2.72. The van der Waals surface area contributed by atoms with Crippen LogP contribution in [0.5, 0.6) is 0 Å². The van der Waals surface area contributed by atoms with Gasteiger partial charge in [0.1, 0.15) is 5.82 Å². The van der Waals surface area contributed by atoms with Gasteiger partial charge in [-0.15, -0.1) is 11.8 Å². The fourth-order valence-corrected chi connectivity index (χ4v) is 3.06. The first-order valence-electron chi connectivity index (χ1n) is 5.91. The zero-order valence-corrected chi connectivity index (χ0v) is 12.7. The van der Waals surface area contributed by atoms with Gasteiger partial charge >= 0.3 is 0 Å². The van der Waals surface area contributed by atoms with Gasteiger partial charge in [0, 0.05) is 22.0 Å². The Morgan fingerprint density at radius 1 is 1.37 bits per heavy atom. The van der Waals surface area contributed by atoms with Gasteiger partial charge in [-0.05, 0) is 39.0 Å². The van der Waals surface area contributed by atoms with Crippen LogP contribution in [0.3, 0.4) is 0 Å². The van der Waals surface area contributed by atoms with Crippen LogP contribution in [0.15, 0.2) is 29.2 Å². The number of benzene rings is 1. The van der Waals surface area contributed by atoms with Crippen molar-refractivity contribution in [2.24, 2.45) is 0 Å². The topological polar surface area (TPSA) is 37.8 Å². The molecule has 102 valence electrons. The molecule has 0 bridgehead atoms. The smallest absolute Gasteiger partial charge is 0.203 e. The highest BCUT2D eigenvalue weighted by atomic mass is 32.2. The third-order valence-corrected chi connectivity index (χ3v) is 3.77. The molecule has 0 atom stereocenters. The predicted octanol–water partition coefficient (Wildman–Crippen LogP) is 4.18. The number of hydrogen-bond acceptors (Lipinski definition) is 5. The Kier molecular flexibility index (Phi) is 4.42. The number of anilines is 1. The lowest BCUT2D eigenvalue weighted by Gasteiger charge is -2.18. The van der Waals surface area contributed by atoms with E-state index in [4.69, 9.17) is 0 Å². The first-order valence-corrected chi connectivity index (χ1v) is 7.67. The molecule has 1 aromatic heterocycles. The highest BCUT2D eigenvalue weighted by molar-refractivity contribution is 7.98. The number of rotatable bonds is 4. The molecular formula is C13H16FN3S2. The van der Waals surface area contributed by atoms with Gasteiger partial charge < -0.3 is 5.32 Å². The lowest BCUT2D eigenvalue weighted by Crippen LogP contribution is -2.25. The van der Waals surface area contributed by atoms with Crippen molar-refractivity contribution < 1.29 is 4.39 Å². The third-order valence-electron chi connectivity index (χ3n) is 2.11. The van der Waals surface area contributed by atoms with Crippen molar-refractivity contribution >= 4 is 28.4 Å². The Hall–Kier alpha value is -1.14. The fraction of sp³-hybridized carbons (Fsp3) is 0.385. The fourth-order valence-electron chi connectivity index (χ4n) is 1.39. The second kappa shape index (κ2) is 5.88. The Bertz CT molecular complexity index is 549. The summed E-state index contributed by atoms with van der Waals surface area (Å²) in [4.78, 5) is 5.30. The van der Waals surface area contributed by atoms with Crippen molar-refractivity contribution in [1.29, 1.82) is 0 Å². The summed E-state index contributed by atoms with van der Waals surface area (Å²) in [6, 6.07) is 6.55. The van der Waals surface area contributed by atoms with Crippen LogP contribution in [0.25, 0.3) is 0 Å². The second-order valence-electron chi connectivity index (χ2n) is 5.14. The van der Waals surface area contributed by atoms with Crippen LogP contribution in [0.2, 0.25) is 0 Å². The molecule has 0 radical (unpaired) electrons. The van der Waals surface area contributed by atoms with E-state index in [-0.39, 0.29) is 11.4 Å². The quantitative estimate of drug-likeness (QED) is 0.859. The number of nitrogens with zero attached hydrogens (tertiary/aromatic N) is 2. The van der Waals surface area contributed by atoms with E-state index in [1.165, 1.54) is 35.4 Å². The van der Waals surface area contributed by atoms with Gasteiger partial charge in [0.25, 0.3) is 0 Å². The number of halogens is 1. The van der Waals surface area contributed by atoms with Crippen LogP contribution in [0.4, 0.5) is 9.52 Å². The van der Waals surface area contributed by atoms with Crippen molar-refractivity contribution in [2.45, 2.75) is 37.0 Å². The SMILES string of the molecule is CC(C)(C)Nc1nc(CSc2cccc(F)c2)ns1. The molecule has 0 saturated heterocycles. The molecule has 0 amide bonds. The molecule has 0 aliphatic rings. The Morgan fingerprint density at radius 2 is 2.16 bits per heavy atom.